The maximum atomic E-state index is 12.6. The highest BCUT2D eigenvalue weighted by Gasteiger charge is 2.19. The van der Waals surface area contributed by atoms with E-state index >= 15 is 0 Å². The molecule has 31 heavy (non-hydrogen) atoms. The quantitative estimate of drug-likeness (QED) is 0.147. The number of esters is 1. The summed E-state index contributed by atoms with van der Waals surface area (Å²) in [6, 6.07) is 21.3. The van der Waals surface area contributed by atoms with Gasteiger partial charge in [0.15, 0.2) is 0 Å². The highest BCUT2D eigenvalue weighted by Crippen LogP contribution is 2.35. The Morgan fingerprint density at radius 3 is 2.65 bits per heavy atom. The molecule has 0 aliphatic carbocycles. The van der Waals surface area contributed by atoms with Gasteiger partial charge < -0.3 is 4.74 Å². The smallest absolute Gasteiger partial charge is 0.355 e. The third kappa shape index (κ3) is 5.02. The van der Waals surface area contributed by atoms with Crippen molar-refractivity contribution in [3.63, 3.8) is 0 Å². The highest BCUT2D eigenvalue weighted by atomic mass is 79.9. The van der Waals surface area contributed by atoms with Gasteiger partial charge in [0.2, 0.25) is 0 Å². The average Bonchev–Trinajstić information content (AvgIpc) is 3.11. The van der Waals surface area contributed by atoms with Gasteiger partial charge >= 0.3 is 5.97 Å². The Morgan fingerprint density at radius 1 is 1.03 bits per heavy atom. The van der Waals surface area contributed by atoms with Gasteiger partial charge in [-0.05, 0) is 42.0 Å². The summed E-state index contributed by atoms with van der Waals surface area (Å²) in [6.07, 6.45) is 1.47. The number of hydrogen-bond acceptors (Lipinski definition) is 5. The summed E-state index contributed by atoms with van der Waals surface area (Å²) in [4.78, 5) is 25.1. The Balaban J connectivity index is 1.44. The number of nitrogens with one attached hydrogen (secondary N) is 1. The summed E-state index contributed by atoms with van der Waals surface area (Å²) in [5.41, 5.74) is 3.61. The van der Waals surface area contributed by atoms with Gasteiger partial charge in [-0.1, -0.05) is 63.9 Å². The molecule has 0 spiro atoms. The second-order valence-corrected chi connectivity index (χ2v) is 8.76. The van der Waals surface area contributed by atoms with E-state index in [9.17, 15) is 9.59 Å². The van der Waals surface area contributed by atoms with Gasteiger partial charge in [0.25, 0.3) is 5.91 Å². The summed E-state index contributed by atoms with van der Waals surface area (Å²) in [7, 11) is 0. The van der Waals surface area contributed by atoms with Crippen molar-refractivity contribution in [2.24, 2.45) is 5.10 Å². The molecule has 1 heterocycles. The molecule has 4 aromatic rings. The van der Waals surface area contributed by atoms with E-state index in [1.807, 2.05) is 30.3 Å². The maximum absolute atomic E-state index is 12.6. The second kappa shape index (κ2) is 9.43. The number of fused-ring (bicyclic) bond motifs is 1. The number of carbonyl (C=O) groups excluding carboxylic acids is 2. The number of rotatable bonds is 5. The molecule has 3 aromatic carbocycles. The average molecular weight is 514 g/mol. The van der Waals surface area contributed by atoms with Crippen LogP contribution in [-0.2, 0) is 0 Å². The number of carbonyl (C=O) groups is 2. The summed E-state index contributed by atoms with van der Waals surface area (Å²) in [5.74, 6) is -0.511. The molecule has 1 N–H and O–H groups in total. The first-order valence-electron chi connectivity index (χ1n) is 9.09. The van der Waals surface area contributed by atoms with Crippen LogP contribution in [-0.4, -0.2) is 18.1 Å². The third-order valence-corrected chi connectivity index (χ3v) is 6.40. The first-order valence-corrected chi connectivity index (χ1v) is 11.1. The molecule has 0 radical (unpaired) electrons. The van der Waals surface area contributed by atoms with Crippen LogP contribution in [0.2, 0.25) is 5.02 Å². The minimum Gasteiger partial charge on any atom is -0.422 e. The molecular formula is C23H14BrClN2O3S. The van der Waals surface area contributed by atoms with E-state index in [1.54, 1.807) is 42.5 Å². The predicted molar refractivity (Wildman–Crippen MR) is 127 cm³/mol. The third-order valence-electron chi connectivity index (χ3n) is 4.26. The van der Waals surface area contributed by atoms with Crippen molar-refractivity contribution in [1.82, 2.24) is 5.43 Å². The summed E-state index contributed by atoms with van der Waals surface area (Å²) < 4.78 is 7.22. The van der Waals surface area contributed by atoms with Gasteiger partial charge in [0, 0.05) is 20.1 Å². The van der Waals surface area contributed by atoms with Gasteiger partial charge in [-0.25, -0.2) is 10.2 Å². The Labute approximate surface area is 195 Å². The fourth-order valence-electron chi connectivity index (χ4n) is 2.82. The fraction of sp³-hybridized carbons (Fsp3) is 0. The first kappa shape index (κ1) is 21.2. The largest absolute Gasteiger partial charge is 0.422 e. The van der Waals surface area contributed by atoms with E-state index in [1.165, 1.54) is 17.6 Å². The van der Waals surface area contributed by atoms with Crippen molar-refractivity contribution in [1.29, 1.82) is 0 Å². The van der Waals surface area contributed by atoms with Crippen molar-refractivity contribution in [2.75, 3.05) is 0 Å². The number of benzene rings is 3. The van der Waals surface area contributed by atoms with Crippen molar-refractivity contribution < 1.29 is 14.3 Å². The van der Waals surface area contributed by atoms with Crippen LogP contribution in [0.1, 0.15) is 25.6 Å². The first-order chi connectivity index (χ1) is 15.0. The molecule has 1 aromatic heterocycles. The van der Waals surface area contributed by atoms with Crippen molar-refractivity contribution >= 4 is 67.0 Å². The lowest BCUT2D eigenvalue weighted by Gasteiger charge is -2.04. The number of hydrogen-bond donors (Lipinski definition) is 1. The van der Waals surface area contributed by atoms with Crippen LogP contribution in [0.5, 0.6) is 5.75 Å². The fourth-order valence-corrected chi connectivity index (χ4v) is 4.60. The van der Waals surface area contributed by atoms with Crippen LogP contribution in [0.15, 0.2) is 82.4 Å². The van der Waals surface area contributed by atoms with E-state index in [0.29, 0.717) is 26.8 Å². The zero-order valence-electron chi connectivity index (χ0n) is 15.8. The molecule has 0 unspecified atom stereocenters. The monoisotopic (exact) mass is 512 g/mol. The van der Waals surface area contributed by atoms with Crippen LogP contribution in [0.25, 0.3) is 10.1 Å². The van der Waals surface area contributed by atoms with E-state index in [0.717, 1.165) is 14.6 Å². The topological polar surface area (TPSA) is 67.8 Å². The SMILES string of the molecule is O=C(N/N=C\c1cccc(OC(=O)c2sc3ccccc3c2Cl)c1)c1cccc(Br)c1. The molecule has 154 valence electrons. The van der Waals surface area contributed by atoms with Gasteiger partial charge in [-0.2, -0.15) is 5.10 Å². The summed E-state index contributed by atoms with van der Waals surface area (Å²) in [5, 5.41) is 5.18. The molecule has 4 rings (SSSR count). The van der Waals surface area contributed by atoms with Gasteiger partial charge in [-0.3, -0.25) is 4.79 Å². The molecule has 0 saturated carbocycles. The van der Waals surface area contributed by atoms with Crippen molar-refractivity contribution in [3.8, 4) is 5.75 Å². The maximum Gasteiger partial charge on any atom is 0.355 e. The van der Waals surface area contributed by atoms with Crippen LogP contribution in [0.4, 0.5) is 0 Å². The molecule has 0 fully saturated rings. The minimum absolute atomic E-state index is 0.334. The molecular weight excluding hydrogens is 500 g/mol. The minimum atomic E-state index is -0.525. The zero-order valence-corrected chi connectivity index (χ0v) is 19.0. The molecule has 8 heteroatoms. The van der Waals surface area contributed by atoms with Crippen LogP contribution >= 0.6 is 38.9 Å². The number of thiophene rings is 1. The van der Waals surface area contributed by atoms with Crippen LogP contribution < -0.4 is 10.2 Å². The molecule has 0 aliphatic heterocycles. The van der Waals surface area contributed by atoms with Gasteiger partial charge in [0.05, 0.1) is 11.2 Å². The number of hydrazone groups is 1. The van der Waals surface area contributed by atoms with E-state index < -0.39 is 5.97 Å². The standard InChI is InChI=1S/C23H14BrClN2O3S/c24-16-7-4-6-15(12-16)22(28)27-26-13-14-5-3-8-17(11-14)30-23(29)21-20(25)18-9-1-2-10-19(18)31-21/h1-13H,(H,27,28)/b26-13-. The molecule has 0 saturated heterocycles. The Bertz CT molecular complexity index is 1320. The summed E-state index contributed by atoms with van der Waals surface area (Å²) >= 11 is 11.0. The van der Waals surface area contributed by atoms with Crippen molar-refractivity contribution in [2.45, 2.75) is 0 Å². The van der Waals surface area contributed by atoms with Gasteiger partial charge in [0.1, 0.15) is 10.6 Å². The molecule has 0 bridgehead atoms. The molecule has 0 atom stereocenters. The Kier molecular flexibility index (Phi) is 6.46. The lowest BCUT2D eigenvalue weighted by molar-refractivity contribution is 0.0740. The number of amides is 1. The van der Waals surface area contributed by atoms with E-state index in [2.05, 4.69) is 26.5 Å². The zero-order chi connectivity index (χ0) is 21.8. The van der Waals surface area contributed by atoms with E-state index in [4.69, 9.17) is 16.3 Å². The van der Waals surface area contributed by atoms with Gasteiger partial charge in [-0.15, -0.1) is 11.3 Å². The molecule has 0 aliphatic rings. The van der Waals surface area contributed by atoms with Crippen LogP contribution in [0, 0.1) is 0 Å². The Morgan fingerprint density at radius 2 is 1.84 bits per heavy atom. The normalized spacial score (nSPS) is 11.0. The van der Waals surface area contributed by atoms with E-state index in [-0.39, 0.29) is 5.91 Å². The number of halogens is 2. The molecule has 5 nitrogen and oxygen atoms in total. The van der Waals surface area contributed by atoms with Crippen LogP contribution in [0.3, 0.4) is 0 Å². The summed E-state index contributed by atoms with van der Waals surface area (Å²) in [6.45, 7) is 0. The van der Waals surface area contributed by atoms with Crippen molar-refractivity contribution in [3.05, 3.63) is 98.3 Å². The second-order valence-electron chi connectivity index (χ2n) is 6.41. The molecule has 1 amide bonds. The number of nitrogens with zero attached hydrogens (tertiary/aromatic N) is 1. The number of ether oxygens (including phenoxy) is 1. The predicted octanol–water partition coefficient (Wildman–Crippen LogP) is 6.30. The lowest BCUT2D eigenvalue weighted by atomic mass is 10.2. The lowest BCUT2D eigenvalue weighted by Crippen LogP contribution is -2.17. The Hall–Kier alpha value is -3.00. The highest BCUT2D eigenvalue weighted by molar-refractivity contribution is 9.10.